The molecule has 4 rings (SSSR count). The summed E-state index contributed by atoms with van der Waals surface area (Å²) in [5, 5.41) is 2.30. The summed E-state index contributed by atoms with van der Waals surface area (Å²) in [6.45, 7) is 7.28. The average Bonchev–Trinajstić information content (AvgIpc) is 2.72. The van der Waals surface area contributed by atoms with Crippen LogP contribution in [0.5, 0.6) is 0 Å². The molecule has 1 aromatic heterocycles. The predicted molar refractivity (Wildman–Crippen MR) is 115 cm³/mol. The number of likely N-dealkylation sites (N-methyl/N-ethyl adjacent to an activating group) is 1. The molecule has 2 heterocycles. The van der Waals surface area contributed by atoms with Crippen LogP contribution in [0.4, 0.5) is 5.82 Å². The van der Waals surface area contributed by atoms with Crippen molar-refractivity contribution in [2.75, 3.05) is 43.9 Å². The SMILES string of the molecule is CCN1CCN(c2nc(-c3ccc(S(C)(=O)=O)cc3)cc3ccccc23)CC1. The molecule has 0 N–H and O–H groups in total. The number of pyridine rings is 1. The fourth-order valence-electron chi connectivity index (χ4n) is 3.72. The van der Waals surface area contributed by atoms with Gasteiger partial charge < -0.3 is 9.80 Å². The van der Waals surface area contributed by atoms with Crippen LogP contribution in [-0.4, -0.2) is 57.3 Å². The van der Waals surface area contributed by atoms with E-state index in [4.69, 9.17) is 4.98 Å². The van der Waals surface area contributed by atoms with E-state index in [2.05, 4.69) is 41.0 Å². The highest BCUT2D eigenvalue weighted by Crippen LogP contribution is 2.31. The Balaban J connectivity index is 1.76. The van der Waals surface area contributed by atoms with Crippen molar-refractivity contribution in [3.05, 3.63) is 54.6 Å². The van der Waals surface area contributed by atoms with Crippen LogP contribution in [0.3, 0.4) is 0 Å². The maximum atomic E-state index is 11.7. The second-order valence-corrected chi connectivity index (χ2v) is 9.29. The van der Waals surface area contributed by atoms with Crippen LogP contribution >= 0.6 is 0 Å². The number of piperazine rings is 1. The minimum Gasteiger partial charge on any atom is -0.354 e. The molecule has 1 fully saturated rings. The number of hydrogen-bond acceptors (Lipinski definition) is 5. The quantitative estimate of drug-likeness (QED) is 0.677. The van der Waals surface area contributed by atoms with Gasteiger partial charge in [-0.15, -0.1) is 0 Å². The first-order valence-corrected chi connectivity index (χ1v) is 11.5. The van der Waals surface area contributed by atoms with E-state index in [9.17, 15) is 8.42 Å². The average molecular weight is 396 g/mol. The summed E-state index contributed by atoms with van der Waals surface area (Å²) in [6.07, 6.45) is 1.23. The molecule has 0 spiro atoms. The highest BCUT2D eigenvalue weighted by Gasteiger charge is 2.20. The monoisotopic (exact) mass is 395 g/mol. The maximum Gasteiger partial charge on any atom is 0.175 e. The number of rotatable bonds is 4. The molecule has 1 saturated heterocycles. The Morgan fingerprint density at radius 3 is 2.29 bits per heavy atom. The molecule has 6 heteroatoms. The molecule has 0 bridgehead atoms. The molecule has 0 amide bonds. The highest BCUT2D eigenvalue weighted by atomic mass is 32.2. The number of hydrogen-bond donors (Lipinski definition) is 0. The lowest BCUT2D eigenvalue weighted by Crippen LogP contribution is -2.46. The van der Waals surface area contributed by atoms with E-state index in [0.29, 0.717) is 4.90 Å². The van der Waals surface area contributed by atoms with Crippen molar-refractivity contribution in [2.24, 2.45) is 0 Å². The van der Waals surface area contributed by atoms with E-state index in [1.807, 2.05) is 18.2 Å². The van der Waals surface area contributed by atoms with Gasteiger partial charge in [0, 0.05) is 43.4 Å². The Labute approximate surface area is 166 Å². The van der Waals surface area contributed by atoms with Crippen LogP contribution in [0.15, 0.2) is 59.5 Å². The fraction of sp³-hybridized carbons (Fsp3) is 0.318. The second kappa shape index (κ2) is 7.53. The van der Waals surface area contributed by atoms with Crippen LogP contribution in [0.2, 0.25) is 0 Å². The van der Waals surface area contributed by atoms with Crippen LogP contribution < -0.4 is 4.90 Å². The van der Waals surface area contributed by atoms with E-state index in [1.165, 1.54) is 6.26 Å². The summed E-state index contributed by atoms with van der Waals surface area (Å²) >= 11 is 0. The van der Waals surface area contributed by atoms with E-state index in [0.717, 1.165) is 60.6 Å². The standard InChI is InChI=1S/C22H25N3O2S/c1-3-24-12-14-25(15-13-24)22-20-7-5-4-6-18(20)16-21(23-22)17-8-10-19(11-9-17)28(2,26)27/h4-11,16H,3,12-15H2,1-2H3. The number of benzene rings is 2. The van der Waals surface area contributed by atoms with Gasteiger partial charge in [0.15, 0.2) is 9.84 Å². The van der Waals surface area contributed by atoms with Gasteiger partial charge in [-0.2, -0.15) is 0 Å². The highest BCUT2D eigenvalue weighted by molar-refractivity contribution is 7.90. The van der Waals surface area contributed by atoms with Gasteiger partial charge in [0.1, 0.15) is 5.82 Å². The van der Waals surface area contributed by atoms with Crippen LogP contribution in [0.25, 0.3) is 22.0 Å². The van der Waals surface area contributed by atoms with E-state index < -0.39 is 9.84 Å². The zero-order valence-corrected chi connectivity index (χ0v) is 17.1. The van der Waals surface area contributed by atoms with Gasteiger partial charge in [0.25, 0.3) is 0 Å². The maximum absolute atomic E-state index is 11.7. The first kappa shape index (κ1) is 18.9. The zero-order chi connectivity index (χ0) is 19.7. The second-order valence-electron chi connectivity index (χ2n) is 7.27. The lowest BCUT2D eigenvalue weighted by Gasteiger charge is -2.35. The number of fused-ring (bicyclic) bond motifs is 1. The van der Waals surface area contributed by atoms with Crippen molar-refractivity contribution in [1.82, 2.24) is 9.88 Å². The topological polar surface area (TPSA) is 53.5 Å². The van der Waals surface area contributed by atoms with Crippen molar-refractivity contribution >= 4 is 26.4 Å². The van der Waals surface area contributed by atoms with Crippen molar-refractivity contribution in [3.8, 4) is 11.3 Å². The van der Waals surface area contributed by atoms with Gasteiger partial charge >= 0.3 is 0 Å². The largest absolute Gasteiger partial charge is 0.354 e. The minimum absolute atomic E-state index is 0.327. The molecule has 0 unspecified atom stereocenters. The summed E-state index contributed by atoms with van der Waals surface area (Å²) in [7, 11) is -3.20. The van der Waals surface area contributed by atoms with Gasteiger partial charge in [-0.05, 0) is 30.1 Å². The summed E-state index contributed by atoms with van der Waals surface area (Å²) < 4.78 is 23.5. The van der Waals surface area contributed by atoms with E-state index in [-0.39, 0.29) is 0 Å². The van der Waals surface area contributed by atoms with Gasteiger partial charge in [0.05, 0.1) is 10.6 Å². The number of anilines is 1. The number of sulfone groups is 1. The summed E-state index contributed by atoms with van der Waals surface area (Å²) in [4.78, 5) is 10.1. The lowest BCUT2D eigenvalue weighted by atomic mass is 10.1. The molecule has 0 saturated carbocycles. The molecule has 3 aromatic rings. The van der Waals surface area contributed by atoms with Crippen molar-refractivity contribution < 1.29 is 8.42 Å². The summed E-state index contributed by atoms with van der Waals surface area (Å²) in [5.74, 6) is 1.01. The lowest BCUT2D eigenvalue weighted by molar-refractivity contribution is 0.271. The molecular weight excluding hydrogens is 370 g/mol. The van der Waals surface area contributed by atoms with Crippen molar-refractivity contribution in [2.45, 2.75) is 11.8 Å². The molecule has 1 aliphatic rings. The molecule has 1 aliphatic heterocycles. The molecule has 146 valence electrons. The molecule has 2 aromatic carbocycles. The Bertz CT molecular complexity index is 1090. The number of aromatic nitrogens is 1. The van der Waals surface area contributed by atoms with Crippen LogP contribution in [0, 0.1) is 0 Å². The third-order valence-corrected chi connectivity index (χ3v) is 6.55. The van der Waals surface area contributed by atoms with Crippen molar-refractivity contribution in [1.29, 1.82) is 0 Å². The molecule has 5 nitrogen and oxygen atoms in total. The smallest absolute Gasteiger partial charge is 0.175 e. The van der Waals surface area contributed by atoms with Gasteiger partial charge in [-0.25, -0.2) is 13.4 Å². The first-order valence-electron chi connectivity index (χ1n) is 9.63. The van der Waals surface area contributed by atoms with Crippen LogP contribution in [0.1, 0.15) is 6.92 Å². The summed E-state index contributed by atoms with van der Waals surface area (Å²) in [5.41, 5.74) is 1.79. The summed E-state index contributed by atoms with van der Waals surface area (Å²) in [6, 6.07) is 17.4. The van der Waals surface area contributed by atoms with Gasteiger partial charge in [-0.1, -0.05) is 43.3 Å². The predicted octanol–water partition coefficient (Wildman–Crippen LogP) is 3.45. The Morgan fingerprint density at radius 2 is 1.64 bits per heavy atom. The third-order valence-electron chi connectivity index (χ3n) is 5.42. The Hall–Kier alpha value is -2.44. The zero-order valence-electron chi connectivity index (χ0n) is 16.3. The Morgan fingerprint density at radius 1 is 0.964 bits per heavy atom. The normalized spacial score (nSPS) is 15.9. The van der Waals surface area contributed by atoms with E-state index >= 15 is 0 Å². The van der Waals surface area contributed by atoms with Crippen LogP contribution in [-0.2, 0) is 9.84 Å². The molecule has 0 radical (unpaired) electrons. The molecule has 28 heavy (non-hydrogen) atoms. The van der Waals surface area contributed by atoms with E-state index in [1.54, 1.807) is 12.1 Å². The Kier molecular flexibility index (Phi) is 5.08. The van der Waals surface area contributed by atoms with Gasteiger partial charge in [-0.3, -0.25) is 0 Å². The van der Waals surface area contributed by atoms with Crippen molar-refractivity contribution in [3.63, 3.8) is 0 Å². The van der Waals surface area contributed by atoms with Gasteiger partial charge in [0.2, 0.25) is 0 Å². The molecule has 0 atom stereocenters. The first-order chi connectivity index (χ1) is 13.5. The fourth-order valence-corrected chi connectivity index (χ4v) is 4.35. The molecular formula is C22H25N3O2S. The molecule has 0 aliphatic carbocycles. The number of nitrogens with zero attached hydrogens (tertiary/aromatic N) is 3. The minimum atomic E-state index is -3.20. The third kappa shape index (κ3) is 3.75.